The Morgan fingerprint density at radius 1 is 1.21 bits per heavy atom. The van der Waals surface area contributed by atoms with Crippen LogP contribution < -0.4 is 5.32 Å². The molecule has 2 aromatic carbocycles. The average molecular weight is 324 g/mol. The summed E-state index contributed by atoms with van der Waals surface area (Å²) >= 11 is 0. The van der Waals surface area contributed by atoms with Gasteiger partial charge in [-0.1, -0.05) is 42.5 Å². The van der Waals surface area contributed by atoms with Crippen LogP contribution in [0.1, 0.15) is 17.5 Å². The Morgan fingerprint density at radius 3 is 2.67 bits per heavy atom. The third-order valence-corrected chi connectivity index (χ3v) is 4.26. The number of nitrogens with one attached hydrogen (secondary N) is 1. The van der Waals surface area contributed by atoms with E-state index in [2.05, 4.69) is 28.4 Å². The third-order valence-electron chi connectivity index (χ3n) is 4.26. The van der Waals surface area contributed by atoms with Gasteiger partial charge >= 0.3 is 0 Å². The van der Waals surface area contributed by atoms with Crippen LogP contribution >= 0.6 is 0 Å². The lowest BCUT2D eigenvalue weighted by Crippen LogP contribution is -2.36. The van der Waals surface area contributed by atoms with Crippen LogP contribution in [0.3, 0.4) is 0 Å². The summed E-state index contributed by atoms with van der Waals surface area (Å²) in [7, 11) is 0. The number of nitrogens with zero attached hydrogens (tertiary/aromatic N) is 1. The van der Waals surface area contributed by atoms with E-state index in [1.54, 1.807) is 19.1 Å². The van der Waals surface area contributed by atoms with Crippen LogP contribution in [0.4, 0.5) is 10.1 Å². The predicted molar refractivity (Wildman–Crippen MR) is 95.2 cm³/mol. The van der Waals surface area contributed by atoms with E-state index in [9.17, 15) is 9.18 Å². The first-order chi connectivity index (χ1) is 11.6. The minimum Gasteiger partial charge on any atom is -0.325 e. The third kappa shape index (κ3) is 4.09. The zero-order chi connectivity index (χ0) is 16.9. The highest BCUT2D eigenvalue weighted by atomic mass is 19.1. The number of carbonyl (C=O) groups excluding carboxylic acids is 1. The molecule has 3 nitrogen and oxygen atoms in total. The second-order valence-electron chi connectivity index (χ2n) is 6.09. The van der Waals surface area contributed by atoms with E-state index >= 15 is 0 Å². The van der Waals surface area contributed by atoms with Crippen molar-refractivity contribution in [3.8, 4) is 0 Å². The summed E-state index contributed by atoms with van der Waals surface area (Å²) in [6, 6.07) is 15.1. The average Bonchev–Trinajstić information content (AvgIpc) is 2.59. The molecule has 0 aliphatic carbocycles. The first-order valence-electron chi connectivity index (χ1n) is 8.14. The van der Waals surface area contributed by atoms with Crippen molar-refractivity contribution in [2.24, 2.45) is 0 Å². The summed E-state index contributed by atoms with van der Waals surface area (Å²) in [6.07, 6.45) is 3.11. The number of aryl methyl sites for hydroxylation is 1. The van der Waals surface area contributed by atoms with Crippen molar-refractivity contribution in [3.05, 3.63) is 71.6 Å². The van der Waals surface area contributed by atoms with Gasteiger partial charge in [0.05, 0.1) is 6.54 Å². The van der Waals surface area contributed by atoms with Gasteiger partial charge in [0.2, 0.25) is 5.91 Å². The lowest BCUT2D eigenvalue weighted by atomic mass is 10.00. The number of carbonyl (C=O) groups is 1. The lowest BCUT2D eigenvalue weighted by molar-refractivity contribution is -0.117. The SMILES string of the molecule is Cc1ccc(NC(=O)CN2CC=C(c3ccccc3)CC2)cc1F. The van der Waals surface area contributed by atoms with Crippen molar-refractivity contribution in [1.82, 2.24) is 4.90 Å². The Balaban J connectivity index is 1.54. The second-order valence-corrected chi connectivity index (χ2v) is 6.09. The smallest absolute Gasteiger partial charge is 0.238 e. The lowest BCUT2D eigenvalue weighted by Gasteiger charge is -2.25. The second kappa shape index (κ2) is 7.41. The maximum Gasteiger partial charge on any atom is 0.238 e. The maximum absolute atomic E-state index is 13.5. The van der Waals surface area contributed by atoms with Crippen LogP contribution in [-0.4, -0.2) is 30.4 Å². The van der Waals surface area contributed by atoms with Crippen LogP contribution in [0.2, 0.25) is 0 Å². The highest BCUT2D eigenvalue weighted by molar-refractivity contribution is 5.92. The molecule has 0 fully saturated rings. The Bertz CT molecular complexity index is 755. The van der Waals surface area contributed by atoms with Crippen LogP contribution in [0, 0.1) is 12.7 Å². The van der Waals surface area contributed by atoms with Crippen molar-refractivity contribution in [2.45, 2.75) is 13.3 Å². The van der Waals surface area contributed by atoms with Crippen molar-refractivity contribution >= 4 is 17.2 Å². The van der Waals surface area contributed by atoms with Crippen LogP contribution in [0.25, 0.3) is 5.57 Å². The molecular weight excluding hydrogens is 303 g/mol. The van der Waals surface area contributed by atoms with E-state index in [0.29, 0.717) is 17.8 Å². The first kappa shape index (κ1) is 16.4. The molecule has 0 saturated carbocycles. The van der Waals surface area contributed by atoms with Gasteiger partial charge in [-0.3, -0.25) is 9.69 Å². The molecule has 1 N–H and O–H groups in total. The molecule has 0 unspecified atom stereocenters. The van der Waals surface area contributed by atoms with Crippen LogP contribution in [0.5, 0.6) is 0 Å². The number of amides is 1. The van der Waals surface area contributed by atoms with Gasteiger partial charge in [-0.25, -0.2) is 4.39 Å². The van der Waals surface area contributed by atoms with E-state index in [-0.39, 0.29) is 11.7 Å². The molecule has 1 amide bonds. The monoisotopic (exact) mass is 324 g/mol. The first-order valence-corrected chi connectivity index (χ1v) is 8.14. The standard InChI is InChI=1S/C20H21FN2O/c1-15-7-8-18(13-19(15)21)22-20(24)14-23-11-9-17(10-12-23)16-5-3-2-4-6-16/h2-9,13H,10-12,14H2,1H3,(H,22,24). The summed E-state index contributed by atoms with van der Waals surface area (Å²) in [5, 5.41) is 2.76. The summed E-state index contributed by atoms with van der Waals surface area (Å²) < 4.78 is 13.5. The summed E-state index contributed by atoms with van der Waals surface area (Å²) in [4.78, 5) is 14.2. The van der Waals surface area contributed by atoms with Gasteiger partial charge in [0.25, 0.3) is 0 Å². The molecular formula is C20H21FN2O. The molecule has 124 valence electrons. The molecule has 0 spiro atoms. The maximum atomic E-state index is 13.5. The normalized spacial score (nSPS) is 15.0. The number of hydrogen-bond donors (Lipinski definition) is 1. The minimum atomic E-state index is -0.304. The fourth-order valence-electron chi connectivity index (χ4n) is 2.84. The fourth-order valence-corrected chi connectivity index (χ4v) is 2.84. The van der Waals surface area contributed by atoms with Crippen molar-refractivity contribution in [2.75, 3.05) is 25.0 Å². The number of rotatable bonds is 4. The molecule has 0 saturated heterocycles. The van der Waals surface area contributed by atoms with Gasteiger partial charge in [-0.15, -0.1) is 0 Å². The van der Waals surface area contributed by atoms with Crippen LogP contribution in [0.15, 0.2) is 54.6 Å². The van der Waals surface area contributed by atoms with E-state index < -0.39 is 0 Å². The van der Waals surface area contributed by atoms with E-state index in [4.69, 9.17) is 0 Å². The van der Waals surface area contributed by atoms with Gasteiger partial charge in [0.1, 0.15) is 5.82 Å². The fraction of sp³-hybridized carbons (Fsp3) is 0.250. The number of halogens is 1. The topological polar surface area (TPSA) is 32.3 Å². The Morgan fingerprint density at radius 2 is 2.00 bits per heavy atom. The highest BCUT2D eigenvalue weighted by Crippen LogP contribution is 2.22. The Hall–Kier alpha value is -2.46. The molecule has 0 aromatic heterocycles. The molecule has 0 bridgehead atoms. The van der Waals surface area contributed by atoms with E-state index in [0.717, 1.165) is 19.5 Å². The van der Waals surface area contributed by atoms with Gasteiger partial charge in [0.15, 0.2) is 0 Å². The van der Waals surface area contributed by atoms with Gasteiger partial charge in [0, 0.05) is 18.8 Å². The van der Waals surface area contributed by atoms with Crippen LogP contribution in [-0.2, 0) is 4.79 Å². The molecule has 2 aromatic rings. The molecule has 24 heavy (non-hydrogen) atoms. The predicted octanol–water partition coefficient (Wildman–Crippen LogP) is 3.86. The minimum absolute atomic E-state index is 0.116. The van der Waals surface area contributed by atoms with Gasteiger partial charge in [-0.2, -0.15) is 0 Å². The molecule has 1 aliphatic rings. The van der Waals surface area contributed by atoms with Gasteiger partial charge in [-0.05, 0) is 42.2 Å². The molecule has 4 heteroatoms. The summed E-state index contributed by atoms with van der Waals surface area (Å²) in [5.74, 6) is -0.420. The molecule has 1 heterocycles. The van der Waals surface area contributed by atoms with E-state index in [1.165, 1.54) is 17.2 Å². The Labute approximate surface area is 141 Å². The molecule has 1 aliphatic heterocycles. The molecule has 0 atom stereocenters. The highest BCUT2D eigenvalue weighted by Gasteiger charge is 2.16. The number of benzene rings is 2. The largest absolute Gasteiger partial charge is 0.325 e. The number of hydrogen-bond acceptors (Lipinski definition) is 2. The van der Waals surface area contributed by atoms with Crippen molar-refractivity contribution in [3.63, 3.8) is 0 Å². The zero-order valence-electron chi connectivity index (χ0n) is 13.8. The quantitative estimate of drug-likeness (QED) is 0.926. The van der Waals surface area contributed by atoms with Crippen molar-refractivity contribution < 1.29 is 9.18 Å². The number of anilines is 1. The van der Waals surface area contributed by atoms with E-state index in [1.807, 2.05) is 18.2 Å². The summed E-state index contributed by atoms with van der Waals surface area (Å²) in [6.45, 7) is 3.61. The molecule has 0 radical (unpaired) electrons. The molecule has 3 rings (SSSR count). The Kier molecular flexibility index (Phi) is 5.06. The van der Waals surface area contributed by atoms with Gasteiger partial charge < -0.3 is 5.32 Å². The summed E-state index contributed by atoms with van der Waals surface area (Å²) in [5.41, 5.74) is 3.65. The zero-order valence-corrected chi connectivity index (χ0v) is 13.8. The van der Waals surface area contributed by atoms with Crippen molar-refractivity contribution in [1.29, 1.82) is 0 Å².